The van der Waals surface area contributed by atoms with Crippen molar-refractivity contribution in [2.45, 2.75) is 19.9 Å². The molecule has 0 heterocycles. The zero-order chi connectivity index (χ0) is 15.3. The maximum absolute atomic E-state index is 11.4. The third kappa shape index (κ3) is 3.87. The highest BCUT2D eigenvalue weighted by molar-refractivity contribution is 5.95. The topological polar surface area (TPSA) is 53.0 Å². The van der Waals surface area contributed by atoms with Gasteiger partial charge in [-0.15, -0.1) is 0 Å². The van der Waals surface area contributed by atoms with Gasteiger partial charge in [-0.3, -0.25) is 0 Å². The minimum absolute atomic E-state index is 0.209. The van der Waals surface area contributed by atoms with Crippen LogP contribution in [0.4, 0.5) is 5.69 Å². The van der Waals surface area contributed by atoms with Crippen LogP contribution in [0.15, 0.2) is 18.2 Å². The van der Waals surface area contributed by atoms with E-state index in [0.717, 1.165) is 13.1 Å². The van der Waals surface area contributed by atoms with Crippen molar-refractivity contribution < 1.29 is 14.6 Å². The summed E-state index contributed by atoms with van der Waals surface area (Å²) in [4.78, 5) is 15.6. The predicted octanol–water partition coefficient (Wildman–Crippen LogP) is 2.17. The number of carboxylic acid groups (broad SMARTS) is 1. The third-order valence-electron chi connectivity index (χ3n) is 3.25. The summed E-state index contributed by atoms with van der Waals surface area (Å²) in [5.41, 5.74) is 1.01. The molecule has 5 heteroatoms. The van der Waals surface area contributed by atoms with Crippen molar-refractivity contribution >= 4 is 11.7 Å². The molecule has 1 unspecified atom stereocenters. The molecule has 1 N–H and O–H groups in total. The standard InChI is InChI=1S/C15H24N2O3/c1-6-17(11(2)10-16(3)4)14-9-12(20-5)7-8-13(14)15(18)19/h7-9,11H,6,10H2,1-5H3,(H,18,19). The highest BCUT2D eigenvalue weighted by Gasteiger charge is 2.20. The third-order valence-corrected chi connectivity index (χ3v) is 3.25. The number of carbonyl (C=O) groups is 1. The number of nitrogens with zero attached hydrogens (tertiary/aromatic N) is 2. The van der Waals surface area contributed by atoms with Crippen molar-refractivity contribution in [1.29, 1.82) is 0 Å². The largest absolute Gasteiger partial charge is 0.497 e. The number of likely N-dealkylation sites (N-methyl/N-ethyl adjacent to an activating group) is 2. The number of anilines is 1. The van der Waals surface area contributed by atoms with Gasteiger partial charge in [-0.1, -0.05) is 0 Å². The second-order valence-electron chi connectivity index (χ2n) is 5.09. The summed E-state index contributed by atoms with van der Waals surface area (Å²) >= 11 is 0. The number of carboxylic acids is 1. The van der Waals surface area contributed by atoms with Crippen LogP contribution in [0.5, 0.6) is 5.75 Å². The van der Waals surface area contributed by atoms with E-state index >= 15 is 0 Å². The number of ether oxygens (including phenoxy) is 1. The quantitative estimate of drug-likeness (QED) is 0.829. The van der Waals surface area contributed by atoms with E-state index in [-0.39, 0.29) is 6.04 Å². The average Bonchev–Trinajstić information content (AvgIpc) is 2.38. The Balaban J connectivity index is 3.20. The maximum atomic E-state index is 11.4. The normalized spacial score (nSPS) is 12.3. The van der Waals surface area contributed by atoms with Gasteiger partial charge in [0.1, 0.15) is 5.75 Å². The van der Waals surface area contributed by atoms with Crippen LogP contribution in [0.2, 0.25) is 0 Å². The Labute approximate surface area is 120 Å². The molecule has 0 amide bonds. The number of hydrogen-bond donors (Lipinski definition) is 1. The molecule has 0 aliphatic heterocycles. The Morgan fingerprint density at radius 2 is 2.05 bits per heavy atom. The fourth-order valence-corrected chi connectivity index (χ4v) is 2.40. The monoisotopic (exact) mass is 280 g/mol. The van der Waals surface area contributed by atoms with Gasteiger partial charge in [-0.2, -0.15) is 0 Å². The van der Waals surface area contributed by atoms with Crippen molar-refractivity contribution in [2.75, 3.05) is 39.2 Å². The van der Waals surface area contributed by atoms with Crippen molar-refractivity contribution in [1.82, 2.24) is 4.90 Å². The van der Waals surface area contributed by atoms with Crippen LogP contribution >= 0.6 is 0 Å². The van der Waals surface area contributed by atoms with Gasteiger partial charge in [-0.25, -0.2) is 4.79 Å². The van der Waals surface area contributed by atoms with Crippen LogP contribution in [0.3, 0.4) is 0 Å². The zero-order valence-corrected chi connectivity index (χ0v) is 12.9. The molecule has 0 saturated carbocycles. The van der Waals surface area contributed by atoms with E-state index in [1.807, 2.05) is 21.0 Å². The molecule has 0 aromatic heterocycles. The van der Waals surface area contributed by atoms with Crippen LogP contribution < -0.4 is 9.64 Å². The lowest BCUT2D eigenvalue weighted by atomic mass is 10.1. The molecule has 0 saturated heterocycles. The fraction of sp³-hybridized carbons (Fsp3) is 0.533. The molecule has 0 spiro atoms. The van der Waals surface area contributed by atoms with E-state index < -0.39 is 5.97 Å². The van der Waals surface area contributed by atoms with Crippen molar-refractivity contribution in [3.8, 4) is 5.75 Å². The minimum Gasteiger partial charge on any atom is -0.497 e. The number of benzene rings is 1. The summed E-state index contributed by atoms with van der Waals surface area (Å²) < 4.78 is 5.22. The van der Waals surface area contributed by atoms with E-state index in [2.05, 4.69) is 16.7 Å². The number of aromatic carboxylic acids is 1. The summed E-state index contributed by atoms with van der Waals surface area (Å²) in [6, 6.07) is 5.28. The molecule has 0 aliphatic carbocycles. The Morgan fingerprint density at radius 3 is 2.50 bits per heavy atom. The molecular weight excluding hydrogens is 256 g/mol. The maximum Gasteiger partial charge on any atom is 0.337 e. The molecule has 1 aromatic carbocycles. The second-order valence-corrected chi connectivity index (χ2v) is 5.09. The Kier molecular flexibility index (Phi) is 5.82. The lowest BCUT2D eigenvalue weighted by Gasteiger charge is -2.33. The molecule has 1 rings (SSSR count). The summed E-state index contributed by atoms with van der Waals surface area (Å²) in [6.07, 6.45) is 0. The Morgan fingerprint density at radius 1 is 1.40 bits per heavy atom. The molecule has 20 heavy (non-hydrogen) atoms. The van der Waals surface area contributed by atoms with E-state index in [0.29, 0.717) is 17.0 Å². The van der Waals surface area contributed by atoms with Gasteiger partial charge in [0.05, 0.1) is 18.4 Å². The first-order valence-electron chi connectivity index (χ1n) is 6.73. The predicted molar refractivity (Wildman–Crippen MR) is 81.0 cm³/mol. The zero-order valence-electron chi connectivity index (χ0n) is 12.9. The van der Waals surface area contributed by atoms with E-state index in [9.17, 15) is 9.90 Å². The summed E-state index contributed by atoms with van der Waals surface area (Å²) in [7, 11) is 5.60. The highest BCUT2D eigenvalue weighted by atomic mass is 16.5. The van der Waals surface area contributed by atoms with Gasteiger partial charge < -0.3 is 19.6 Å². The Hall–Kier alpha value is -1.75. The minimum atomic E-state index is -0.918. The first-order valence-corrected chi connectivity index (χ1v) is 6.73. The smallest absolute Gasteiger partial charge is 0.337 e. The first-order chi connectivity index (χ1) is 9.40. The second kappa shape index (κ2) is 7.14. The SMILES string of the molecule is CCN(c1cc(OC)ccc1C(=O)O)C(C)CN(C)C. The molecule has 0 radical (unpaired) electrons. The van der Waals surface area contributed by atoms with Crippen molar-refractivity contribution in [2.24, 2.45) is 0 Å². The number of methoxy groups -OCH3 is 1. The molecule has 5 nitrogen and oxygen atoms in total. The van der Waals surface area contributed by atoms with Crippen LogP contribution in [-0.2, 0) is 0 Å². The van der Waals surface area contributed by atoms with Gasteiger partial charge in [0.25, 0.3) is 0 Å². The van der Waals surface area contributed by atoms with Crippen LogP contribution in [0.1, 0.15) is 24.2 Å². The molecule has 1 aromatic rings. The van der Waals surface area contributed by atoms with E-state index in [4.69, 9.17) is 4.74 Å². The Bertz CT molecular complexity index is 460. The van der Waals surface area contributed by atoms with Crippen LogP contribution in [-0.4, -0.2) is 56.3 Å². The van der Waals surface area contributed by atoms with Gasteiger partial charge >= 0.3 is 5.97 Å². The van der Waals surface area contributed by atoms with E-state index in [1.165, 1.54) is 0 Å². The van der Waals surface area contributed by atoms with Crippen molar-refractivity contribution in [3.63, 3.8) is 0 Å². The lowest BCUT2D eigenvalue weighted by Crippen LogP contribution is -2.40. The molecule has 0 fully saturated rings. The number of rotatable bonds is 7. The summed E-state index contributed by atoms with van der Waals surface area (Å²) in [5, 5.41) is 9.36. The van der Waals surface area contributed by atoms with Gasteiger partial charge in [0.15, 0.2) is 0 Å². The van der Waals surface area contributed by atoms with Crippen molar-refractivity contribution in [3.05, 3.63) is 23.8 Å². The highest BCUT2D eigenvalue weighted by Crippen LogP contribution is 2.27. The average molecular weight is 280 g/mol. The summed E-state index contributed by atoms with van der Waals surface area (Å²) in [5.74, 6) is -0.251. The lowest BCUT2D eigenvalue weighted by molar-refractivity contribution is 0.0697. The van der Waals surface area contributed by atoms with Gasteiger partial charge in [0, 0.05) is 25.2 Å². The summed E-state index contributed by atoms with van der Waals surface area (Å²) in [6.45, 7) is 5.71. The molecule has 1 atom stereocenters. The molecular formula is C15H24N2O3. The van der Waals surface area contributed by atoms with Gasteiger partial charge in [-0.05, 0) is 40.1 Å². The molecule has 112 valence electrons. The number of hydrogen-bond acceptors (Lipinski definition) is 4. The van der Waals surface area contributed by atoms with E-state index in [1.54, 1.807) is 25.3 Å². The molecule has 0 bridgehead atoms. The first kappa shape index (κ1) is 16.3. The fourth-order valence-electron chi connectivity index (χ4n) is 2.40. The van der Waals surface area contributed by atoms with Gasteiger partial charge in [0.2, 0.25) is 0 Å². The van der Waals surface area contributed by atoms with Crippen LogP contribution in [0.25, 0.3) is 0 Å². The van der Waals surface area contributed by atoms with Crippen LogP contribution in [0, 0.1) is 0 Å². The molecule has 0 aliphatic rings.